The van der Waals surface area contributed by atoms with Crippen LogP contribution in [0.5, 0.6) is 0 Å². The fraction of sp³-hybridized carbons (Fsp3) is 0.500. The second-order valence-electron chi connectivity index (χ2n) is 4.31. The molecule has 0 fully saturated rings. The van der Waals surface area contributed by atoms with Crippen molar-refractivity contribution >= 4 is 43.7 Å². The molecular formula is C10H14BrNO6S2. The Morgan fingerprint density at radius 2 is 2.20 bits per heavy atom. The summed E-state index contributed by atoms with van der Waals surface area (Å²) in [6, 6.07) is 0.901. The quantitative estimate of drug-likeness (QED) is 0.641. The number of aliphatic hydroxyl groups is 1. The summed E-state index contributed by atoms with van der Waals surface area (Å²) in [6.07, 6.45) is 1.79. The zero-order valence-electron chi connectivity index (χ0n) is 10.7. The van der Waals surface area contributed by atoms with Crippen LogP contribution in [0.25, 0.3) is 0 Å². The van der Waals surface area contributed by atoms with Gasteiger partial charge in [-0.05, 0) is 29.1 Å². The molecule has 0 aliphatic rings. The Bertz CT molecular complexity index is 595. The molecule has 20 heavy (non-hydrogen) atoms. The summed E-state index contributed by atoms with van der Waals surface area (Å²) in [5.41, 5.74) is -1.21. The summed E-state index contributed by atoms with van der Waals surface area (Å²) < 4.78 is 30.8. The standard InChI is InChI=1S/C10H14BrNO6S2/c1-10(15,5-19-2)4-12-20(16,17)7-3-6(9(13)14)18-8(7)11/h3,12,15H,4-5H2,1-2H3,(H,13,14). The molecule has 10 heteroatoms. The van der Waals surface area contributed by atoms with Crippen molar-refractivity contribution in [3.05, 3.63) is 16.5 Å². The predicted octanol–water partition coefficient (Wildman–Crippen LogP) is 1.13. The van der Waals surface area contributed by atoms with Gasteiger partial charge in [0.05, 0.1) is 5.60 Å². The monoisotopic (exact) mass is 387 g/mol. The Morgan fingerprint density at radius 1 is 1.60 bits per heavy atom. The van der Waals surface area contributed by atoms with E-state index in [4.69, 9.17) is 9.52 Å². The van der Waals surface area contributed by atoms with Gasteiger partial charge in [-0.15, -0.1) is 0 Å². The normalized spacial score (nSPS) is 15.0. The summed E-state index contributed by atoms with van der Waals surface area (Å²) in [4.78, 5) is 10.4. The molecule has 0 aromatic carbocycles. The Balaban J connectivity index is 2.92. The predicted molar refractivity (Wildman–Crippen MR) is 77.6 cm³/mol. The Morgan fingerprint density at radius 3 is 2.65 bits per heavy atom. The molecule has 1 atom stereocenters. The van der Waals surface area contributed by atoms with E-state index in [2.05, 4.69) is 20.7 Å². The van der Waals surface area contributed by atoms with E-state index in [0.717, 1.165) is 6.07 Å². The summed E-state index contributed by atoms with van der Waals surface area (Å²) >= 11 is 4.23. The molecule has 7 nitrogen and oxygen atoms in total. The second kappa shape index (κ2) is 6.48. The number of rotatable bonds is 7. The molecule has 0 saturated carbocycles. The van der Waals surface area contributed by atoms with Gasteiger partial charge in [0.15, 0.2) is 4.67 Å². The van der Waals surface area contributed by atoms with Gasteiger partial charge in [-0.25, -0.2) is 17.9 Å². The number of aromatic carboxylic acids is 1. The smallest absolute Gasteiger partial charge is 0.371 e. The van der Waals surface area contributed by atoms with E-state index >= 15 is 0 Å². The van der Waals surface area contributed by atoms with Gasteiger partial charge < -0.3 is 14.6 Å². The zero-order valence-corrected chi connectivity index (χ0v) is 13.9. The number of carbonyl (C=O) groups is 1. The first-order valence-corrected chi connectivity index (χ1v) is 9.00. The SMILES string of the molecule is CSCC(C)(O)CNS(=O)(=O)c1cc(C(=O)O)oc1Br. The molecule has 114 valence electrons. The number of thioether (sulfide) groups is 1. The average Bonchev–Trinajstić information content (AvgIpc) is 2.70. The number of sulfonamides is 1. The van der Waals surface area contributed by atoms with Crippen molar-refractivity contribution in [1.82, 2.24) is 4.72 Å². The van der Waals surface area contributed by atoms with Crippen LogP contribution >= 0.6 is 27.7 Å². The highest BCUT2D eigenvalue weighted by Gasteiger charge is 2.28. The topological polar surface area (TPSA) is 117 Å². The van der Waals surface area contributed by atoms with E-state index in [9.17, 15) is 18.3 Å². The van der Waals surface area contributed by atoms with Crippen molar-refractivity contribution in [2.24, 2.45) is 0 Å². The van der Waals surface area contributed by atoms with Crippen molar-refractivity contribution in [2.45, 2.75) is 17.4 Å². The number of hydrogen-bond donors (Lipinski definition) is 3. The Kier molecular flexibility index (Phi) is 5.67. The van der Waals surface area contributed by atoms with Crippen molar-refractivity contribution < 1.29 is 27.8 Å². The maximum absolute atomic E-state index is 12.0. The van der Waals surface area contributed by atoms with Gasteiger partial charge in [0.2, 0.25) is 15.8 Å². The van der Waals surface area contributed by atoms with Gasteiger partial charge in [-0.3, -0.25) is 0 Å². The van der Waals surface area contributed by atoms with Crippen LogP contribution in [0.2, 0.25) is 0 Å². The van der Waals surface area contributed by atoms with E-state index in [0.29, 0.717) is 5.75 Å². The third-order valence-corrected chi connectivity index (χ3v) is 5.42. The molecule has 0 saturated heterocycles. The lowest BCUT2D eigenvalue weighted by Crippen LogP contribution is -2.42. The molecule has 0 aliphatic heterocycles. The zero-order chi connectivity index (χ0) is 15.6. The first-order chi connectivity index (χ1) is 9.09. The highest BCUT2D eigenvalue weighted by atomic mass is 79.9. The van der Waals surface area contributed by atoms with Crippen LogP contribution in [0.1, 0.15) is 17.5 Å². The minimum Gasteiger partial charge on any atom is -0.475 e. The van der Waals surface area contributed by atoms with E-state index in [1.807, 2.05) is 0 Å². The van der Waals surface area contributed by atoms with Gasteiger partial charge >= 0.3 is 5.97 Å². The molecule has 1 aromatic heterocycles. The maximum atomic E-state index is 12.0. The summed E-state index contributed by atoms with van der Waals surface area (Å²) in [5.74, 6) is -1.52. The molecular weight excluding hydrogens is 374 g/mol. The summed E-state index contributed by atoms with van der Waals surface area (Å²) in [6.45, 7) is 1.30. The van der Waals surface area contributed by atoms with Crippen LogP contribution in [0.4, 0.5) is 0 Å². The van der Waals surface area contributed by atoms with Gasteiger partial charge in [-0.2, -0.15) is 11.8 Å². The molecule has 1 unspecified atom stereocenters. The maximum Gasteiger partial charge on any atom is 0.371 e. The minimum atomic E-state index is -3.98. The number of carboxylic acids is 1. The van der Waals surface area contributed by atoms with Gasteiger partial charge in [0.1, 0.15) is 4.90 Å². The second-order valence-corrected chi connectivity index (χ2v) is 7.63. The fourth-order valence-electron chi connectivity index (χ4n) is 1.33. The Labute approximate surface area is 128 Å². The lowest BCUT2D eigenvalue weighted by atomic mass is 10.1. The molecule has 0 bridgehead atoms. The molecule has 0 spiro atoms. The molecule has 1 rings (SSSR count). The fourth-order valence-corrected chi connectivity index (χ4v) is 4.15. The number of hydrogen-bond acceptors (Lipinski definition) is 6. The Hall–Kier alpha value is -0.550. The molecule has 0 aliphatic carbocycles. The number of halogens is 1. The molecule has 0 radical (unpaired) electrons. The average molecular weight is 388 g/mol. The summed E-state index contributed by atoms with van der Waals surface area (Å²) in [5, 5.41) is 18.7. The highest BCUT2D eigenvalue weighted by Crippen LogP contribution is 2.26. The van der Waals surface area contributed by atoms with Crippen molar-refractivity contribution in [3.63, 3.8) is 0 Å². The third kappa shape index (κ3) is 4.48. The van der Waals surface area contributed by atoms with Crippen molar-refractivity contribution in [2.75, 3.05) is 18.6 Å². The third-order valence-electron chi connectivity index (χ3n) is 2.25. The first kappa shape index (κ1) is 17.5. The van der Waals surface area contributed by atoms with Crippen LogP contribution < -0.4 is 4.72 Å². The number of carboxylic acid groups (broad SMARTS) is 1. The van der Waals surface area contributed by atoms with Crippen LogP contribution in [0.3, 0.4) is 0 Å². The van der Waals surface area contributed by atoms with Crippen molar-refractivity contribution in [1.29, 1.82) is 0 Å². The van der Waals surface area contributed by atoms with Crippen LogP contribution in [-0.2, 0) is 10.0 Å². The molecule has 0 amide bonds. The molecule has 3 N–H and O–H groups in total. The van der Waals surface area contributed by atoms with E-state index in [-0.39, 0.29) is 16.1 Å². The van der Waals surface area contributed by atoms with Crippen LogP contribution in [0.15, 0.2) is 20.0 Å². The highest BCUT2D eigenvalue weighted by molar-refractivity contribution is 9.10. The number of nitrogens with one attached hydrogen (secondary N) is 1. The van der Waals surface area contributed by atoms with Gasteiger partial charge in [0.25, 0.3) is 0 Å². The van der Waals surface area contributed by atoms with E-state index < -0.39 is 27.4 Å². The largest absolute Gasteiger partial charge is 0.475 e. The molecule has 1 aromatic rings. The lowest BCUT2D eigenvalue weighted by Gasteiger charge is -2.22. The first-order valence-electron chi connectivity index (χ1n) is 5.33. The molecule has 1 heterocycles. The van der Waals surface area contributed by atoms with Crippen LogP contribution in [-0.4, -0.2) is 48.8 Å². The summed E-state index contributed by atoms with van der Waals surface area (Å²) in [7, 11) is -3.98. The van der Waals surface area contributed by atoms with E-state index in [1.54, 1.807) is 6.26 Å². The number of furan rings is 1. The van der Waals surface area contributed by atoms with E-state index in [1.165, 1.54) is 18.7 Å². The van der Waals surface area contributed by atoms with Gasteiger partial charge in [0, 0.05) is 18.4 Å². The minimum absolute atomic E-state index is 0.198. The van der Waals surface area contributed by atoms with Crippen LogP contribution in [0, 0.1) is 0 Å². The van der Waals surface area contributed by atoms with Gasteiger partial charge in [-0.1, -0.05) is 0 Å². The lowest BCUT2D eigenvalue weighted by molar-refractivity contribution is 0.0660. The van der Waals surface area contributed by atoms with Crippen molar-refractivity contribution in [3.8, 4) is 0 Å².